The van der Waals surface area contributed by atoms with Crippen molar-refractivity contribution in [3.8, 4) is 0 Å². The van der Waals surface area contributed by atoms with E-state index in [4.69, 9.17) is 10.2 Å². The molecule has 0 radical (unpaired) electrons. The van der Waals surface area contributed by atoms with Gasteiger partial charge in [-0.2, -0.15) is 0 Å². The van der Waals surface area contributed by atoms with Crippen molar-refractivity contribution >= 4 is 11.7 Å². The van der Waals surface area contributed by atoms with Crippen molar-refractivity contribution in [2.24, 2.45) is 0 Å². The van der Waals surface area contributed by atoms with E-state index in [-0.39, 0.29) is 12.1 Å². The summed E-state index contributed by atoms with van der Waals surface area (Å²) in [6, 6.07) is 6.07. The Balaban J connectivity index is 2.42. The van der Waals surface area contributed by atoms with Crippen LogP contribution < -0.4 is 0 Å². The van der Waals surface area contributed by atoms with Crippen molar-refractivity contribution < 1.29 is 19.9 Å². The van der Waals surface area contributed by atoms with E-state index in [1.165, 1.54) is 12.1 Å². The number of aryl methyl sites for hydroxylation is 1. The number of rotatable bonds is 6. The molecule has 0 aromatic heterocycles. The maximum absolute atomic E-state index is 10.4. The van der Waals surface area contributed by atoms with E-state index in [2.05, 4.69) is 0 Å². The molecule has 1 unspecified atom stereocenters. The molecule has 1 aromatic carbocycles. The third-order valence-corrected chi connectivity index (χ3v) is 2.38. The quantitative estimate of drug-likeness (QED) is 0.576. The lowest BCUT2D eigenvalue weighted by Gasteiger charge is -2.04. The summed E-state index contributed by atoms with van der Waals surface area (Å²) in [6.45, 7) is 0. The maximum Gasteiger partial charge on any atom is 0.332 e. The number of benzene rings is 1. The summed E-state index contributed by atoms with van der Waals surface area (Å²) in [7, 11) is 0. The first kappa shape index (κ1) is 13.1. The summed E-state index contributed by atoms with van der Waals surface area (Å²) in [5.41, 5.74) is 0.910. The van der Waals surface area contributed by atoms with E-state index in [9.17, 15) is 14.9 Å². The minimum atomic E-state index is -1.34. The van der Waals surface area contributed by atoms with Crippen LogP contribution in [0.5, 0.6) is 0 Å². The second-order valence-electron chi connectivity index (χ2n) is 3.67. The summed E-state index contributed by atoms with van der Waals surface area (Å²) in [6.07, 6.45) is -0.0621. The van der Waals surface area contributed by atoms with Gasteiger partial charge in [-0.1, -0.05) is 12.1 Å². The lowest BCUT2D eigenvalue weighted by molar-refractivity contribution is -0.384. The molecule has 0 saturated heterocycles. The first-order valence-corrected chi connectivity index (χ1v) is 5.15. The zero-order valence-electron chi connectivity index (χ0n) is 9.07. The summed E-state index contributed by atoms with van der Waals surface area (Å²) < 4.78 is 0. The smallest absolute Gasteiger partial charge is 0.332 e. The zero-order valence-corrected chi connectivity index (χ0v) is 9.07. The fourth-order valence-corrected chi connectivity index (χ4v) is 1.41. The zero-order chi connectivity index (χ0) is 12.8. The molecular weight excluding hydrogens is 226 g/mol. The Hall–Kier alpha value is -1.95. The van der Waals surface area contributed by atoms with E-state index in [1.807, 2.05) is 0 Å². The van der Waals surface area contributed by atoms with Gasteiger partial charge in [-0.15, -0.1) is 0 Å². The number of nitro benzene ring substituents is 1. The molecule has 1 rings (SSSR count). The molecule has 0 saturated carbocycles. The van der Waals surface area contributed by atoms with E-state index in [1.54, 1.807) is 12.1 Å². The Kier molecular flexibility index (Phi) is 4.59. The predicted molar refractivity (Wildman–Crippen MR) is 59.7 cm³/mol. The van der Waals surface area contributed by atoms with Gasteiger partial charge in [0, 0.05) is 12.1 Å². The van der Waals surface area contributed by atoms with E-state index >= 15 is 0 Å². The number of aliphatic carboxylic acids is 1. The molecule has 0 fully saturated rings. The fourth-order valence-electron chi connectivity index (χ4n) is 1.41. The van der Waals surface area contributed by atoms with Crippen molar-refractivity contribution in [3.63, 3.8) is 0 Å². The molecule has 0 aliphatic carbocycles. The SMILES string of the molecule is O=C(O)C(O)CCCc1ccc([N+](=O)[O-])cc1. The molecule has 6 heteroatoms. The van der Waals surface area contributed by atoms with Crippen LogP contribution in [-0.4, -0.2) is 27.2 Å². The monoisotopic (exact) mass is 239 g/mol. The molecule has 6 nitrogen and oxygen atoms in total. The molecule has 1 aromatic rings. The molecule has 0 aliphatic rings. The van der Waals surface area contributed by atoms with Gasteiger partial charge >= 0.3 is 5.97 Å². The summed E-state index contributed by atoms with van der Waals surface area (Å²) in [5, 5.41) is 27.9. The van der Waals surface area contributed by atoms with Crippen molar-refractivity contribution in [3.05, 3.63) is 39.9 Å². The molecule has 0 aliphatic heterocycles. The third kappa shape index (κ3) is 4.20. The Labute approximate surface area is 97.7 Å². The van der Waals surface area contributed by atoms with Gasteiger partial charge in [0.05, 0.1) is 4.92 Å². The molecule has 0 heterocycles. The van der Waals surface area contributed by atoms with Gasteiger partial charge in [0.25, 0.3) is 5.69 Å². The molecule has 92 valence electrons. The molecule has 1 atom stereocenters. The van der Waals surface area contributed by atoms with Gasteiger partial charge < -0.3 is 10.2 Å². The fraction of sp³-hybridized carbons (Fsp3) is 0.364. The lowest BCUT2D eigenvalue weighted by atomic mass is 10.1. The van der Waals surface area contributed by atoms with Crippen LogP contribution in [0.4, 0.5) is 5.69 Å². The van der Waals surface area contributed by atoms with E-state index < -0.39 is 17.0 Å². The van der Waals surface area contributed by atoms with Gasteiger partial charge in [0.2, 0.25) is 0 Å². The van der Waals surface area contributed by atoms with Gasteiger partial charge in [-0.05, 0) is 24.8 Å². The van der Waals surface area contributed by atoms with Crippen molar-refractivity contribution in [1.82, 2.24) is 0 Å². The number of nitrogens with zero attached hydrogens (tertiary/aromatic N) is 1. The Morgan fingerprint density at radius 3 is 2.41 bits per heavy atom. The average molecular weight is 239 g/mol. The van der Waals surface area contributed by atoms with Crippen LogP contribution in [0.3, 0.4) is 0 Å². The number of nitro groups is 1. The number of aliphatic hydroxyl groups excluding tert-OH is 1. The number of aliphatic hydroxyl groups is 1. The highest BCUT2D eigenvalue weighted by Gasteiger charge is 2.12. The van der Waals surface area contributed by atoms with Gasteiger partial charge in [0.1, 0.15) is 0 Å². The van der Waals surface area contributed by atoms with Crippen LogP contribution in [-0.2, 0) is 11.2 Å². The number of carboxylic acids is 1. The van der Waals surface area contributed by atoms with E-state index in [0.29, 0.717) is 12.8 Å². The first-order valence-electron chi connectivity index (χ1n) is 5.15. The highest BCUT2D eigenvalue weighted by atomic mass is 16.6. The Bertz CT molecular complexity index is 401. The Morgan fingerprint density at radius 2 is 1.94 bits per heavy atom. The van der Waals surface area contributed by atoms with Crippen LogP contribution in [0.25, 0.3) is 0 Å². The third-order valence-electron chi connectivity index (χ3n) is 2.38. The van der Waals surface area contributed by atoms with Crippen LogP contribution in [0, 0.1) is 10.1 Å². The van der Waals surface area contributed by atoms with Gasteiger partial charge in [0.15, 0.2) is 6.10 Å². The second kappa shape index (κ2) is 5.95. The summed E-state index contributed by atoms with van der Waals surface area (Å²) in [5.74, 6) is -1.23. The number of non-ortho nitro benzene ring substituents is 1. The Morgan fingerprint density at radius 1 is 1.35 bits per heavy atom. The van der Waals surface area contributed by atoms with Crippen LogP contribution in [0.15, 0.2) is 24.3 Å². The van der Waals surface area contributed by atoms with Crippen LogP contribution in [0.2, 0.25) is 0 Å². The lowest BCUT2D eigenvalue weighted by Crippen LogP contribution is -2.19. The average Bonchev–Trinajstić information content (AvgIpc) is 2.29. The molecular formula is C11H13NO5. The van der Waals surface area contributed by atoms with Crippen molar-refractivity contribution in [1.29, 1.82) is 0 Å². The maximum atomic E-state index is 10.4. The van der Waals surface area contributed by atoms with Gasteiger partial charge in [-0.3, -0.25) is 10.1 Å². The van der Waals surface area contributed by atoms with Crippen molar-refractivity contribution in [2.45, 2.75) is 25.4 Å². The van der Waals surface area contributed by atoms with Crippen molar-refractivity contribution in [2.75, 3.05) is 0 Å². The minimum Gasteiger partial charge on any atom is -0.479 e. The van der Waals surface area contributed by atoms with Gasteiger partial charge in [-0.25, -0.2) is 4.79 Å². The summed E-state index contributed by atoms with van der Waals surface area (Å²) >= 11 is 0. The number of hydrogen-bond donors (Lipinski definition) is 2. The number of carbonyl (C=O) groups is 1. The normalized spacial score (nSPS) is 12.1. The molecule has 17 heavy (non-hydrogen) atoms. The number of carboxylic acid groups (broad SMARTS) is 1. The topological polar surface area (TPSA) is 101 Å². The highest BCUT2D eigenvalue weighted by Crippen LogP contribution is 2.14. The second-order valence-corrected chi connectivity index (χ2v) is 3.67. The molecule has 2 N–H and O–H groups in total. The molecule has 0 amide bonds. The van der Waals surface area contributed by atoms with Crippen LogP contribution in [0.1, 0.15) is 18.4 Å². The predicted octanol–water partition coefficient (Wildman–Crippen LogP) is 1.36. The van der Waals surface area contributed by atoms with Crippen LogP contribution >= 0.6 is 0 Å². The highest BCUT2D eigenvalue weighted by molar-refractivity contribution is 5.71. The molecule has 0 spiro atoms. The van der Waals surface area contributed by atoms with E-state index in [0.717, 1.165) is 5.56 Å². The minimum absolute atomic E-state index is 0.0271. The summed E-state index contributed by atoms with van der Waals surface area (Å²) in [4.78, 5) is 20.3. The molecule has 0 bridgehead atoms. The first-order chi connectivity index (χ1) is 8.00. The number of hydrogen-bond acceptors (Lipinski definition) is 4. The largest absolute Gasteiger partial charge is 0.479 e. The standard InChI is InChI=1S/C11H13NO5/c13-10(11(14)15)3-1-2-8-4-6-9(7-5-8)12(16)17/h4-7,10,13H,1-3H2,(H,14,15).